The van der Waals surface area contributed by atoms with Crippen LogP contribution in [0.5, 0.6) is 0 Å². The van der Waals surface area contributed by atoms with Crippen molar-refractivity contribution in [2.24, 2.45) is 5.92 Å². The quantitative estimate of drug-likeness (QED) is 0.841. The van der Waals surface area contributed by atoms with Crippen molar-refractivity contribution in [1.29, 1.82) is 0 Å². The molecule has 1 aromatic carbocycles. The molecule has 0 unspecified atom stereocenters. The summed E-state index contributed by atoms with van der Waals surface area (Å²) in [4.78, 5) is 26.6. The molecule has 1 aliphatic carbocycles. The van der Waals surface area contributed by atoms with Crippen LogP contribution in [0.3, 0.4) is 0 Å². The second-order valence-corrected chi connectivity index (χ2v) is 6.76. The zero-order valence-corrected chi connectivity index (χ0v) is 13.7. The minimum Gasteiger partial charge on any atom is -0.352 e. The Labute approximate surface area is 140 Å². The Morgan fingerprint density at radius 3 is 2.46 bits per heavy atom. The molecule has 24 heavy (non-hydrogen) atoms. The third kappa shape index (κ3) is 3.80. The highest BCUT2D eigenvalue weighted by Gasteiger charge is 2.33. The molecule has 3 rings (SSSR count). The topological polar surface area (TPSA) is 49.4 Å². The van der Waals surface area contributed by atoms with Gasteiger partial charge in [-0.2, -0.15) is 0 Å². The lowest BCUT2D eigenvalue weighted by Gasteiger charge is -2.34. The van der Waals surface area contributed by atoms with Crippen LogP contribution in [0.25, 0.3) is 0 Å². The monoisotopic (exact) mass is 336 g/mol. The molecule has 0 spiro atoms. The number of piperidine rings is 1. The van der Waals surface area contributed by atoms with Gasteiger partial charge in [-0.25, -0.2) is 8.78 Å². The smallest absolute Gasteiger partial charge is 0.237 e. The molecule has 0 bridgehead atoms. The Balaban J connectivity index is 1.57. The molecule has 2 aliphatic rings. The van der Waals surface area contributed by atoms with E-state index < -0.39 is 11.6 Å². The van der Waals surface area contributed by atoms with Gasteiger partial charge in [-0.05, 0) is 63.9 Å². The third-order valence-electron chi connectivity index (χ3n) is 4.95. The molecule has 0 aromatic heterocycles. The summed E-state index contributed by atoms with van der Waals surface area (Å²) in [6.07, 6.45) is 3.20. The predicted molar refractivity (Wildman–Crippen MR) is 85.6 cm³/mol. The van der Waals surface area contributed by atoms with E-state index in [4.69, 9.17) is 0 Å². The van der Waals surface area contributed by atoms with Gasteiger partial charge in [-0.1, -0.05) is 0 Å². The van der Waals surface area contributed by atoms with E-state index in [-0.39, 0.29) is 29.2 Å². The Bertz CT molecular complexity index is 638. The van der Waals surface area contributed by atoms with Gasteiger partial charge in [0.25, 0.3) is 0 Å². The summed E-state index contributed by atoms with van der Waals surface area (Å²) in [5, 5.41) is 2.99. The number of rotatable bonds is 5. The van der Waals surface area contributed by atoms with Crippen LogP contribution in [0.1, 0.15) is 43.0 Å². The maximum atomic E-state index is 13.8. The van der Waals surface area contributed by atoms with Crippen molar-refractivity contribution < 1.29 is 18.4 Å². The molecule has 2 fully saturated rings. The van der Waals surface area contributed by atoms with Crippen LogP contribution in [-0.4, -0.2) is 41.8 Å². The van der Waals surface area contributed by atoms with E-state index in [2.05, 4.69) is 5.32 Å². The first-order chi connectivity index (χ1) is 11.5. The van der Waals surface area contributed by atoms with Crippen LogP contribution in [-0.2, 0) is 4.79 Å². The molecule has 1 heterocycles. The van der Waals surface area contributed by atoms with Crippen LogP contribution in [0, 0.1) is 17.6 Å². The lowest BCUT2D eigenvalue weighted by Crippen LogP contribution is -2.49. The first kappa shape index (κ1) is 17.0. The van der Waals surface area contributed by atoms with E-state index in [1.54, 1.807) is 0 Å². The zero-order valence-electron chi connectivity index (χ0n) is 13.7. The zero-order chi connectivity index (χ0) is 17.3. The molecule has 1 amide bonds. The number of hydrogen-bond donors (Lipinski definition) is 1. The van der Waals surface area contributed by atoms with Gasteiger partial charge < -0.3 is 5.32 Å². The molecule has 1 N–H and O–H groups in total. The highest BCUT2D eigenvalue weighted by atomic mass is 19.1. The summed E-state index contributed by atoms with van der Waals surface area (Å²) in [6.45, 7) is 3.07. The van der Waals surface area contributed by atoms with E-state index >= 15 is 0 Å². The Hall–Kier alpha value is -1.82. The molecule has 1 saturated heterocycles. The summed E-state index contributed by atoms with van der Waals surface area (Å²) in [5.74, 6) is -1.93. The lowest BCUT2D eigenvalue weighted by atomic mass is 9.88. The summed E-state index contributed by atoms with van der Waals surface area (Å²) < 4.78 is 27.0. The van der Waals surface area contributed by atoms with Crippen molar-refractivity contribution in [2.45, 2.75) is 44.7 Å². The fourth-order valence-electron chi connectivity index (χ4n) is 3.17. The van der Waals surface area contributed by atoms with Gasteiger partial charge in [0.15, 0.2) is 5.78 Å². The number of likely N-dealkylation sites (tertiary alicyclic amines) is 1. The van der Waals surface area contributed by atoms with Crippen LogP contribution < -0.4 is 5.32 Å². The normalized spacial score (nSPS) is 20.6. The first-order valence-corrected chi connectivity index (χ1v) is 8.49. The summed E-state index contributed by atoms with van der Waals surface area (Å²) in [6, 6.07) is 3.06. The van der Waals surface area contributed by atoms with Gasteiger partial charge in [-0.15, -0.1) is 0 Å². The number of carbonyl (C=O) groups is 2. The predicted octanol–water partition coefficient (Wildman–Crippen LogP) is 2.53. The lowest BCUT2D eigenvalue weighted by molar-refractivity contribution is -0.126. The van der Waals surface area contributed by atoms with Crippen LogP contribution in [0.4, 0.5) is 8.78 Å². The van der Waals surface area contributed by atoms with E-state index in [0.29, 0.717) is 32.0 Å². The summed E-state index contributed by atoms with van der Waals surface area (Å²) in [7, 11) is 0. The van der Waals surface area contributed by atoms with Gasteiger partial charge in [-0.3, -0.25) is 14.5 Å². The van der Waals surface area contributed by atoms with Crippen molar-refractivity contribution in [3.63, 3.8) is 0 Å². The standard InChI is InChI=1S/C18H22F2N2O2/c1-11(18(24)21-14-3-4-14)22-8-6-12(7-9-22)17(23)15-10-13(19)2-5-16(15)20/h2,5,10-12,14H,3-4,6-9H2,1H3,(H,21,24)/t11-/m1/s1. The Kier molecular flexibility index (Phi) is 4.94. The molecular formula is C18H22F2N2O2. The number of nitrogens with one attached hydrogen (secondary N) is 1. The number of Topliss-reactive ketones (excluding diaryl/α,β-unsaturated/α-hetero) is 1. The van der Waals surface area contributed by atoms with Gasteiger partial charge in [0.2, 0.25) is 5.91 Å². The highest BCUT2D eigenvalue weighted by Crippen LogP contribution is 2.25. The average molecular weight is 336 g/mol. The number of hydrogen-bond acceptors (Lipinski definition) is 3. The second-order valence-electron chi connectivity index (χ2n) is 6.76. The average Bonchev–Trinajstić information content (AvgIpc) is 3.40. The van der Waals surface area contributed by atoms with E-state index in [0.717, 1.165) is 31.0 Å². The summed E-state index contributed by atoms with van der Waals surface area (Å²) >= 11 is 0. The molecule has 1 aromatic rings. The molecule has 4 nitrogen and oxygen atoms in total. The van der Waals surface area contributed by atoms with Gasteiger partial charge in [0, 0.05) is 12.0 Å². The van der Waals surface area contributed by atoms with Gasteiger partial charge in [0.1, 0.15) is 11.6 Å². The fourth-order valence-corrected chi connectivity index (χ4v) is 3.17. The maximum absolute atomic E-state index is 13.8. The van der Waals surface area contributed by atoms with Crippen molar-refractivity contribution >= 4 is 11.7 Å². The SMILES string of the molecule is C[C@H](C(=O)NC1CC1)N1CCC(C(=O)c2cc(F)ccc2F)CC1. The number of carbonyl (C=O) groups excluding carboxylic acids is 2. The molecule has 6 heteroatoms. The number of nitrogens with zero attached hydrogens (tertiary/aromatic N) is 1. The van der Waals surface area contributed by atoms with Crippen molar-refractivity contribution in [3.8, 4) is 0 Å². The number of amides is 1. The number of ketones is 1. The third-order valence-corrected chi connectivity index (χ3v) is 4.95. The molecule has 130 valence electrons. The number of benzene rings is 1. The first-order valence-electron chi connectivity index (χ1n) is 8.49. The Morgan fingerprint density at radius 2 is 1.83 bits per heavy atom. The van der Waals surface area contributed by atoms with Crippen molar-refractivity contribution in [2.75, 3.05) is 13.1 Å². The van der Waals surface area contributed by atoms with Crippen LogP contribution in [0.15, 0.2) is 18.2 Å². The highest BCUT2D eigenvalue weighted by molar-refractivity contribution is 5.98. The molecule has 1 aliphatic heterocycles. The molecule has 1 atom stereocenters. The maximum Gasteiger partial charge on any atom is 0.237 e. The minimum atomic E-state index is -0.680. The largest absolute Gasteiger partial charge is 0.352 e. The van der Waals surface area contributed by atoms with E-state index in [1.807, 2.05) is 11.8 Å². The van der Waals surface area contributed by atoms with Crippen LogP contribution >= 0.6 is 0 Å². The minimum absolute atomic E-state index is 0.0263. The number of halogens is 2. The van der Waals surface area contributed by atoms with Gasteiger partial charge >= 0.3 is 0 Å². The molecule has 1 saturated carbocycles. The molecular weight excluding hydrogens is 314 g/mol. The van der Waals surface area contributed by atoms with Crippen molar-refractivity contribution in [1.82, 2.24) is 10.2 Å². The fraction of sp³-hybridized carbons (Fsp3) is 0.556. The Morgan fingerprint density at radius 1 is 1.17 bits per heavy atom. The van der Waals surface area contributed by atoms with Gasteiger partial charge in [0.05, 0.1) is 11.6 Å². The second kappa shape index (κ2) is 6.97. The van der Waals surface area contributed by atoms with Crippen molar-refractivity contribution in [3.05, 3.63) is 35.4 Å². The summed E-state index contributed by atoms with van der Waals surface area (Å²) in [5.41, 5.74) is -0.173. The van der Waals surface area contributed by atoms with E-state index in [9.17, 15) is 18.4 Å². The van der Waals surface area contributed by atoms with E-state index in [1.165, 1.54) is 0 Å². The van der Waals surface area contributed by atoms with Crippen LogP contribution in [0.2, 0.25) is 0 Å². The molecule has 0 radical (unpaired) electrons.